The number of nitrogens with two attached hydrogens (primary N) is 1. The molecule has 5 rings (SSSR count). The summed E-state index contributed by atoms with van der Waals surface area (Å²) in [5, 5.41) is 14.6. The maximum atomic E-state index is 5.74. The molecule has 0 spiro atoms. The number of hydrogen-bond donors (Lipinski definition) is 1. The normalized spacial score (nSPS) is 11.5. The molecule has 2 N–H and O–H groups in total. The van der Waals surface area contributed by atoms with Gasteiger partial charge in [-0.3, -0.25) is 0 Å². The molecule has 0 atom stereocenters. The first-order valence-electron chi connectivity index (χ1n) is 7.82. The molecule has 3 heterocycles. The molecule has 0 amide bonds. The van der Waals surface area contributed by atoms with Crippen LogP contribution in [0.4, 0.5) is 5.69 Å². The highest BCUT2D eigenvalue weighted by molar-refractivity contribution is 7.98. The lowest BCUT2D eigenvalue weighted by atomic mass is 10.2. The van der Waals surface area contributed by atoms with Crippen molar-refractivity contribution in [3.63, 3.8) is 0 Å². The van der Waals surface area contributed by atoms with E-state index >= 15 is 0 Å². The molecule has 0 saturated heterocycles. The number of nitrogen functional groups attached to an aromatic ring is 1. The highest BCUT2D eigenvalue weighted by Crippen LogP contribution is 2.29. The maximum absolute atomic E-state index is 5.74. The highest BCUT2D eigenvalue weighted by atomic mass is 32.2. The van der Waals surface area contributed by atoms with E-state index in [1.54, 1.807) is 4.52 Å². The largest absolute Gasteiger partial charge is 0.431 e. The highest BCUT2D eigenvalue weighted by Gasteiger charge is 2.14. The SMILES string of the molecule is Nc1ccc(-c2nn3c(CSc4nc5ccccc5o4)nnc3s2)cc1. The third-order valence-electron chi connectivity index (χ3n) is 3.81. The fraction of sp³-hybridized carbons (Fsp3) is 0.0588. The molecule has 0 aliphatic heterocycles. The number of hydrogen-bond acceptors (Lipinski definition) is 8. The molecule has 0 saturated carbocycles. The van der Waals surface area contributed by atoms with Gasteiger partial charge in [-0.05, 0) is 36.4 Å². The number of anilines is 1. The average molecular weight is 380 g/mol. The monoisotopic (exact) mass is 380 g/mol. The number of fused-ring (bicyclic) bond motifs is 2. The van der Waals surface area contributed by atoms with Crippen LogP contribution in [0.15, 0.2) is 58.2 Å². The van der Waals surface area contributed by atoms with Crippen molar-refractivity contribution in [3.8, 4) is 10.6 Å². The van der Waals surface area contributed by atoms with E-state index in [0.29, 0.717) is 11.0 Å². The Labute approximate surface area is 155 Å². The number of benzene rings is 2. The van der Waals surface area contributed by atoms with Crippen molar-refractivity contribution < 1.29 is 4.42 Å². The van der Waals surface area contributed by atoms with Crippen LogP contribution >= 0.6 is 23.1 Å². The topological polar surface area (TPSA) is 95.1 Å². The van der Waals surface area contributed by atoms with Gasteiger partial charge in [0.05, 0.1) is 5.75 Å². The number of nitrogens with zero attached hydrogens (tertiary/aromatic N) is 5. The lowest BCUT2D eigenvalue weighted by Crippen LogP contribution is -1.94. The molecule has 26 heavy (non-hydrogen) atoms. The molecule has 0 unspecified atom stereocenters. The fourth-order valence-corrected chi connectivity index (χ4v) is 4.14. The van der Waals surface area contributed by atoms with Crippen molar-refractivity contribution >= 4 is 44.8 Å². The summed E-state index contributed by atoms with van der Waals surface area (Å²) < 4.78 is 7.50. The van der Waals surface area contributed by atoms with E-state index in [2.05, 4.69) is 20.3 Å². The van der Waals surface area contributed by atoms with Crippen LogP contribution in [0.1, 0.15) is 5.82 Å². The number of aromatic nitrogens is 5. The first kappa shape index (κ1) is 15.4. The predicted octanol–water partition coefficient (Wildman–Crippen LogP) is 3.87. The quantitative estimate of drug-likeness (QED) is 0.373. The molecule has 0 aliphatic carbocycles. The summed E-state index contributed by atoms with van der Waals surface area (Å²) in [6, 6.07) is 15.3. The van der Waals surface area contributed by atoms with Gasteiger partial charge in [0.15, 0.2) is 11.4 Å². The molecular weight excluding hydrogens is 368 g/mol. The minimum absolute atomic E-state index is 0.568. The summed E-state index contributed by atoms with van der Waals surface area (Å²) in [6.45, 7) is 0. The van der Waals surface area contributed by atoms with Crippen LogP contribution in [0.3, 0.4) is 0 Å². The van der Waals surface area contributed by atoms with Crippen LogP contribution < -0.4 is 5.73 Å². The molecule has 0 bridgehead atoms. The van der Waals surface area contributed by atoms with Crippen LogP contribution in [0.5, 0.6) is 0 Å². The fourth-order valence-electron chi connectivity index (χ4n) is 2.53. The Bertz CT molecular complexity index is 1170. The smallest absolute Gasteiger partial charge is 0.257 e. The summed E-state index contributed by atoms with van der Waals surface area (Å²) >= 11 is 2.96. The van der Waals surface area contributed by atoms with Gasteiger partial charge in [0.25, 0.3) is 5.22 Å². The summed E-state index contributed by atoms with van der Waals surface area (Å²) in [5.41, 5.74) is 9.11. The van der Waals surface area contributed by atoms with Crippen molar-refractivity contribution in [2.45, 2.75) is 11.0 Å². The van der Waals surface area contributed by atoms with Crippen molar-refractivity contribution in [2.24, 2.45) is 0 Å². The van der Waals surface area contributed by atoms with E-state index in [9.17, 15) is 0 Å². The van der Waals surface area contributed by atoms with E-state index in [1.807, 2.05) is 48.5 Å². The van der Waals surface area contributed by atoms with Gasteiger partial charge in [-0.25, -0.2) is 4.98 Å². The second kappa shape index (κ2) is 6.11. The molecule has 0 radical (unpaired) electrons. The maximum Gasteiger partial charge on any atom is 0.257 e. The van der Waals surface area contributed by atoms with E-state index in [1.165, 1.54) is 23.1 Å². The van der Waals surface area contributed by atoms with Crippen LogP contribution in [-0.2, 0) is 5.75 Å². The van der Waals surface area contributed by atoms with Crippen molar-refractivity contribution in [1.82, 2.24) is 24.8 Å². The molecule has 2 aromatic carbocycles. The molecule has 128 valence electrons. The summed E-state index contributed by atoms with van der Waals surface area (Å²) in [4.78, 5) is 5.22. The Morgan fingerprint density at radius 1 is 1.08 bits per heavy atom. The van der Waals surface area contributed by atoms with Crippen LogP contribution in [0.2, 0.25) is 0 Å². The van der Waals surface area contributed by atoms with E-state index in [-0.39, 0.29) is 0 Å². The van der Waals surface area contributed by atoms with Crippen LogP contribution in [-0.4, -0.2) is 24.8 Å². The average Bonchev–Trinajstić information content (AvgIpc) is 3.34. The van der Waals surface area contributed by atoms with Gasteiger partial charge < -0.3 is 10.2 Å². The minimum Gasteiger partial charge on any atom is -0.431 e. The van der Waals surface area contributed by atoms with E-state index in [4.69, 9.17) is 10.2 Å². The van der Waals surface area contributed by atoms with Gasteiger partial charge in [-0.1, -0.05) is 35.2 Å². The number of rotatable bonds is 4. The molecular formula is C17H12N6OS2. The van der Waals surface area contributed by atoms with Crippen LogP contribution in [0, 0.1) is 0 Å². The minimum atomic E-state index is 0.568. The molecule has 0 aliphatic rings. The second-order valence-electron chi connectivity index (χ2n) is 5.58. The Balaban J connectivity index is 1.41. The molecule has 3 aromatic heterocycles. The van der Waals surface area contributed by atoms with Crippen LogP contribution in [0.25, 0.3) is 26.6 Å². The standard InChI is InChI=1S/C17H12N6OS2/c18-11-7-5-10(6-8-11)15-22-23-14(20-21-16(23)26-15)9-25-17-19-12-3-1-2-4-13(12)24-17/h1-8H,9,18H2. The zero-order valence-corrected chi connectivity index (χ0v) is 15.0. The van der Waals surface area contributed by atoms with E-state index < -0.39 is 0 Å². The summed E-state index contributed by atoms with van der Waals surface area (Å²) in [6.07, 6.45) is 0. The Morgan fingerprint density at radius 3 is 2.77 bits per heavy atom. The first-order chi connectivity index (χ1) is 12.8. The third-order valence-corrected chi connectivity index (χ3v) is 5.58. The molecule has 5 aromatic rings. The molecule has 9 heteroatoms. The Kier molecular flexibility index (Phi) is 3.61. The van der Waals surface area contributed by atoms with Crippen molar-refractivity contribution in [2.75, 3.05) is 5.73 Å². The zero-order valence-electron chi connectivity index (χ0n) is 13.4. The zero-order chi connectivity index (χ0) is 17.5. The predicted molar refractivity (Wildman–Crippen MR) is 102 cm³/mol. The molecule has 0 fully saturated rings. The second-order valence-corrected chi connectivity index (χ2v) is 7.46. The van der Waals surface area contributed by atoms with Crippen molar-refractivity contribution in [3.05, 3.63) is 54.4 Å². The van der Waals surface area contributed by atoms with Crippen molar-refractivity contribution in [1.29, 1.82) is 0 Å². The van der Waals surface area contributed by atoms with Gasteiger partial charge in [0.1, 0.15) is 10.5 Å². The lowest BCUT2D eigenvalue weighted by Gasteiger charge is -1.96. The third kappa shape index (κ3) is 2.71. The molecule has 7 nitrogen and oxygen atoms in total. The number of para-hydroxylation sites is 2. The van der Waals surface area contributed by atoms with Gasteiger partial charge >= 0.3 is 0 Å². The summed E-state index contributed by atoms with van der Waals surface area (Å²) in [5.74, 6) is 1.32. The van der Waals surface area contributed by atoms with Gasteiger partial charge in [0.2, 0.25) is 4.96 Å². The van der Waals surface area contributed by atoms with Gasteiger partial charge in [-0.2, -0.15) is 9.61 Å². The van der Waals surface area contributed by atoms with Gasteiger partial charge in [0, 0.05) is 11.3 Å². The first-order valence-corrected chi connectivity index (χ1v) is 9.62. The van der Waals surface area contributed by atoms with Gasteiger partial charge in [-0.15, -0.1) is 10.2 Å². The number of thioether (sulfide) groups is 1. The van der Waals surface area contributed by atoms with E-state index in [0.717, 1.165) is 38.1 Å². The summed E-state index contributed by atoms with van der Waals surface area (Å²) in [7, 11) is 0. The Morgan fingerprint density at radius 2 is 1.92 bits per heavy atom. The number of oxazole rings is 1. The Hall–Kier alpha value is -2.91. The lowest BCUT2D eigenvalue weighted by molar-refractivity contribution is 0.489.